The SMILES string of the molecule is NNC(=O)c1cc(Br)ccc1NCCOc1ccccc1. The Morgan fingerprint density at radius 1 is 1.19 bits per heavy atom. The summed E-state index contributed by atoms with van der Waals surface area (Å²) in [7, 11) is 0. The first-order valence-corrected chi connectivity index (χ1v) is 7.22. The van der Waals surface area contributed by atoms with E-state index in [9.17, 15) is 4.79 Å². The zero-order valence-electron chi connectivity index (χ0n) is 11.3. The van der Waals surface area contributed by atoms with Gasteiger partial charge in [0.25, 0.3) is 5.91 Å². The van der Waals surface area contributed by atoms with Crippen molar-refractivity contribution in [2.45, 2.75) is 0 Å². The van der Waals surface area contributed by atoms with Crippen molar-refractivity contribution < 1.29 is 9.53 Å². The van der Waals surface area contributed by atoms with Gasteiger partial charge in [0.1, 0.15) is 12.4 Å². The van der Waals surface area contributed by atoms with E-state index in [1.807, 2.05) is 42.5 Å². The van der Waals surface area contributed by atoms with E-state index >= 15 is 0 Å². The van der Waals surface area contributed by atoms with Crippen molar-refractivity contribution in [3.05, 3.63) is 58.6 Å². The third-order valence-corrected chi connectivity index (χ3v) is 3.28. The Bertz CT molecular complexity index is 605. The minimum absolute atomic E-state index is 0.345. The molecule has 0 aromatic heterocycles. The van der Waals surface area contributed by atoms with Gasteiger partial charge < -0.3 is 10.1 Å². The minimum Gasteiger partial charge on any atom is -0.492 e. The van der Waals surface area contributed by atoms with E-state index < -0.39 is 0 Å². The van der Waals surface area contributed by atoms with Gasteiger partial charge in [-0.3, -0.25) is 10.2 Å². The molecule has 0 heterocycles. The van der Waals surface area contributed by atoms with Crippen LogP contribution in [-0.2, 0) is 0 Å². The first kappa shape index (κ1) is 15.3. The minimum atomic E-state index is -0.345. The van der Waals surface area contributed by atoms with Gasteiger partial charge in [-0.1, -0.05) is 34.1 Å². The lowest BCUT2D eigenvalue weighted by atomic mass is 10.1. The maximum Gasteiger partial charge on any atom is 0.267 e. The van der Waals surface area contributed by atoms with Crippen molar-refractivity contribution in [2.24, 2.45) is 5.84 Å². The molecule has 0 aliphatic rings. The standard InChI is InChI=1S/C15H16BrN3O2/c16-11-6-7-14(13(10-11)15(20)19-17)18-8-9-21-12-4-2-1-3-5-12/h1-7,10,18H,8-9,17H2,(H,19,20). The number of anilines is 1. The van der Waals surface area contributed by atoms with Crippen molar-refractivity contribution in [1.29, 1.82) is 0 Å². The van der Waals surface area contributed by atoms with Crippen LogP contribution in [-0.4, -0.2) is 19.1 Å². The molecule has 0 unspecified atom stereocenters. The molecule has 0 atom stereocenters. The number of halogens is 1. The van der Waals surface area contributed by atoms with E-state index in [4.69, 9.17) is 10.6 Å². The van der Waals surface area contributed by atoms with Gasteiger partial charge in [-0.05, 0) is 30.3 Å². The zero-order chi connectivity index (χ0) is 15.1. The molecule has 6 heteroatoms. The van der Waals surface area contributed by atoms with Gasteiger partial charge in [0.15, 0.2) is 0 Å². The van der Waals surface area contributed by atoms with E-state index in [1.165, 1.54) is 0 Å². The van der Waals surface area contributed by atoms with Crippen LogP contribution < -0.4 is 21.3 Å². The molecule has 0 spiro atoms. The third kappa shape index (κ3) is 4.47. The molecule has 5 nitrogen and oxygen atoms in total. The monoisotopic (exact) mass is 349 g/mol. The van der Waals surface area contributed by atoms with Gasteiger partial charge >= 0.3 is 0 Å². The largest absolute Gasteiger partial charge is 0.492 e. The lowest BCUT2D eigenvalue weighted by Gasteiger charge is -2.12. The number of para-hydroxylation sites is 1. The number of hydrogen-bond acceptors (Lipinski definition) is 4. The topological polar surface area (TPSA) is 76.4 Å². The first-order valence-electron chi connectivity index (χ1n) is 6.43. The molecular weight excluding hydrogens is 334 g/mol. The predicted molar refractivity (Wildman–Crippen MR) is 86.2 cm³/mol. The average Bonchev–Trinajstić information content (AvgIpc) is 2.53. The summed E-state index contributed by atoms with van der Waals surface area (Å²) < 4.78 is 6.39. The smallest absolute Gasteiger partial charge is 0.267 e. The molecule has 2 aromatic rings. The molecule has 21 heavy (non-hydrogen) atoms. The number of ether oxygens (including phenoxy) is 1. The molecule has 2 rings (SSSR count). The molecule has 110 valence electrons. The highest BCUT2D eigenvalue weighted by Crippen LogP contribution is 2.20. The number of nitrogens with two attached hydrogens (primary N) is 1. The summed E-state index contributed by atoms with van der Waals surface area (Å²) in [5.74, 6) is 5.66. The number of carbonyl (C=O) groups is 1. The third-order valence-electron chi connectivity index (χ3n) is 2.79. The summed E-state index contributed by atoms with van der Waals surface area (Å²) >= 11 is 3.33. The number of benzene rings is 2. The van der Waals surface area contributed by atoms with Crippen LogP contribution in [0.4, 0.5) is 5.69 Å². The van der Waals surface area contributed by atoms with E-state index in [0.717, 1.165) is 10.2 Å². The molecule has 1 amide bonds. The van der Waals surface area contributed by atoms with Crippen molar-refractivity contribution >= 4 is 27.5 Å². The number of hydrazine groups is 1. The quantitative estimate of drug-likeness (QED) is 0.324. The number of nitrogens with one attached hydrogen (secondary N) is 2. The second-order valence-electron chi connectivity index (χ2n) is 4.25. The fourth-order valence-corrected chi connectivity index (χ4v) is 2.17. The molecule has 2 aromatic carbocycles. The van der Waals surface area contributed by atoms with Gasteiger partial charge in [0.2, 0.25) is 0 Å². The first-order chi connectivity index (χ1) is 10.2. The Kier molecular flexibility index (Phi) is 5.59. The number of rotatable bonds is 6. The Morgan fingerprint density at radius 2 is 1.95 bits per heavy atom. The number of amides is 1. The number of nitrogen functional groups attached to an aromatic ring is 1. The Balaban J connectivity index is 1.92. The van der Waals surface area contributed by atoms with E-state index in [0.29, 0.717) is 24.4 Å². The molecule has 0 saturated heterocycles. The normalized spacial score (nSPS) is 10.0. The summed E-state index contributed by atoms with van der Waals surface area (Å²) in [4.78, 5) is 11.7. The van der Waals surface area contributed by atoms with Gasteiger partial charge in [-0.2, -0.15) is 0 Å². The van der Waals surface area contributed by atoms with Crippen LogP contribution >= 0.6 is 15.9 Å². The molecule has 0 radical (unpaired) electrons. The van der Waals surface area contributed by atoms with Crippen molar-refractivity contribution in [2.75, 3.05) is 18.5 Å². The molecule has 0 bridgehead atoms. The molecule has 0 aliphatic carbocycles. The second-order valence-corrected chi connectivity index (χ2v) is 5.17. The highest BCUT2D eigenvalue weighted by Gasteiger charge is 2.10. The maximum absolute atomic E-state index is 11.7. The molecule has 4 N–H and O–H groups in total. The highest BCUT2D eigenvalue weighted by molar-refractivity contribution is 9.10. The highest BCUT2D eigenvalue weighted by atomic mass is 79.9. The van der Waals surface area contributed by atoms with Crippen LogP contribution in [0.15, 0.2) is 53.0 Å². The van der Waals surface area contributed by atoms with Crippen LogP contribution in [0.3, 0.4) is 0 Å². The van der Waals surface area contributed by atoms with E-state index in [2.05, 4.69) is 26.7 Å². The van der Waals surface area contributed by atoms with E-state index in [1.54, 1.807) is 6.07 Å². The maximum atomic E-state index is 11.7. The van der Waals surface area contributed by atoms with Gasteiger partial charge in [0.05, 0.1) is 5.56 Å². The van der Waals surface area contributed by atoms with Crippen molar-refractivity contribution in [3.63, 3.8) is 0 Å². The Labute approximate surface area is 131 Å². The fourth-order valence-electron chi connectivity index (χ4n) is 1.81. The summed E-state index contributed by atoms with van der Waals surface area (Å²) in [5.41, 5.74) is 3.32. The second kappa shape index (κ2) is 7.66. The molecule has 0 saturated carbocycles. The van der Waals surface area contributed by atoms with Gasteiger partial charge in [-0.25, -0.2) is 5.84 Å². The van der Waals surface area contributed by atoms with Crippen LogP contribution in [0, 0.1) is 0 Å². The summed E-state index contributed by atoms with van der Waals surface area (Å²) in [6, 6.07) is 14.9. The summed E-state index contributed by atoms with van der Waals surface area (Å²) in [6.07, 6.45) is 0. The van der Waals surface area contributed by atoms with Gasteiger partial charge in [0, 0.05) is 16.7 Å². The average molecular weight is 350 g/mol. The van der Waals surface area contributed by atoms with Crippen LogP contribution in [0.5, 0.6) is 5.75 Å². The fraction of sp³-hybridized carbons (Fsp3) is 0.133. The Morgan fingerprint density at radius 3 is 2.67 bits per heavy atom. The predicted octanol–water partition coefficient (Wildman–Crippen LogP) is 2.54. The molecular formula is C15H16BrN3O2. The lowest BCUT2D eigenvalue weighted by Crippen LogP contribution is -2.30. The number of carbonyl (C=O) groups excluding carboxylic acids is 1. The van der Waals surface area contributed by atoms with Crippen molar-refractivity contribution in [1.82, 2.24) is 5.43 Å². The van der Waals surface area contributed by atoms with E-state index in [-0.39, 0.29) is 5.91 Å². The van der Waals surface area contributed by atoms with Crippen LogP contribution in [0.2, 0.25) is 0 Å². The summed E-state index contributed by atoms with van der Waals surface area (Å²) in [6.45, 7) is 1.06. The summed E-state index contributed by atoms with van der Waals surface area (Å²) in [5, 5.41) is 3.16. The molecule has 0 aliphatic heterocycles. The molecule has 0 fully saturated rings. The van der Waals surface area contributed by atoms with Crippen LogP contribution in [0.25, 0.3) is 0 Å². The lowest BCUT2D eigenvalue weighted by molar-refractivity contribution is 0.0954. The van der Waals surface area contributed by atoms with Crippen LogP contribution in [0.1, 0.15) is 10.4 Å². The Hall–Kier alpha value is -2.05. The number of hydrogen-bond donors (Lipinski definition) is 3. The van der Waals surface area contributed by atoms with Crippen molar-refractivity contribution in [3.8, 4) is 5.75 Å². The van der Waals surface area contributed by atoms with Gasteiger partial charge in [-0.15, -0.1) is 0 Å². The zero-order valence-corrected chi connectivity index (χ0v) is 12.9.